The van der Waals surface area contributed by atoms with Crippen molar-refractivity contribution in [2.45, 2.75) is 19.3 Å². The van der Waals surface area contributed by atoms with Crippen molar-refractivity contribution in [1.82, 2.24) is 0 Å². The molecule has 94 valence electrons. The predicted molar refractivity (Wildman–Crippen MR) is 77.6 cm³/mol. The van der Waals surface area contributed by atoms with Gasteiger partial charge in [-0.25, -0.2) is 0 Å². The second-order valence-electron chi connectivity index (χ2n) is 3.94. The molecule has 0 amide bonds. The van der Waals surface area contributed by atoms with Gasteiger partial charge in [-0.05, 0) is 37.0 Å². The molecule has 0 aromatic heterocycles. The van der Waals surface area contributed by atoms with Crippen LogP contribution in [0.2, 0.25) is 0 Å². The van der Waals surface area contributed by atoms with Crippen molar-refractivity contribution < 1.29 is 10.1 Å². The van der Waals surface area contributed by atoms with Crippen LogP contribution in [0.5, 0.6) is 5.75 Å². The van der Waals surface area contributed by atoms with Crippen molar-refractivity contribution >= 4 is 29.0 Å². The topological polar surface area (TPSA) is 25.8 Å². The van der Waals surface area contributed by atoms with Gasteiger partial charge >= 0.3 is 0 Å². The Kier molecular flexibility index (Phi) is 7.08. The van der Waals surface area contributed by atoms with Crippen molar-refractivity contribution in [2.75, 3.05) is 20.2 Å². The minimum atomic E-state index is 0.493. The number of hydrogen-bond donors (Lipinski definition) is 1. The highest BCUT2D eigenvalue weighted by Gasteiger charge is 1.97. The SMILES string of the molecule is C1CC[NH2+]CC1.COc1ccc(C(=S)[S-])cc1. The standard InChI is InChI=1S/C8H8OS2.C5H11N/c1-9-7-4-2-6(3-5-7)8(10)11;1-2-4-6-5-3-1/h2-5H,1H3,(H,10,11);6H,1-5H2. The molecule has 17 heavy (non-hydrogen) atoms. The number of hydrogen-bond acceptors (Lipinski definition) is 3. The largest absolute Gasteiger partial charge is 0.497 e. The Balaban J connectivity index is 0.000000202. The maximum atomic E-state index is 4.97. The third-order valence-corrected chi connectivity index (χ3v) is 3.11. The number of methoxy groups -OCH3 is 1. The van der Waals surface area contributed by atoms with Crippen LogP contribution >= 0.6 is 12.2 Å². The second kappa shape index (κ2) is 8.39. The summed E-state index contributed by atoms with van der Waals surface area (Å²) in [7, 11) is 1.63. The first kappa shape index (κ1) is 14.4. The zero-order valence-corrected chi connectivity index (χ0v) is 11.8. The maximum Gasteiger partial charge on any atom is 0.118 e. The molecule has 2 N–H and O–H groups in total. The molecular formula is C13H19NOS2. The maximum absolute atomic E-state index is 4.97. The third-order valence-electron chi connectivity index (χ3n) is 2.64. The summed E-state index contributed by atoms with van der Waals surface area (Å²) in [6.07, 6.45) is 4.36. The predicted octanol–water partition coefficient (Wildman–Crippen LogP) is 1.65. The van der Waals surface area contributed by atoms with Crippen LogP contribution in [-0.4, -0.2) is 24.4 Å². The van der Waals surface area contributed by atoms with E-state index in [1.165, 1.54) is 32.4 Å². The smallest absolute Gasteiger partial charge is 0.118 e. The third kappa shape index (κ3) is 5.96. The molecule has 0 spiro atoms. The number of piperidine rings is 1. The summed E-state index contributed by atoms with van der Waals surface area (Å²) < 4.78 is 5.46. The van der Waals surface area contributed by atoms with Crippen molar-refractivity contribution in [1.29, 1.82) is 0 Å². The molecule has 0 aliphatic carbocycles. The van der Waals surface area contributed by atoms with Crippen LogP contribution < -0.4 is 10.1 Å². The Labute approximate surface area is 114 Å². The second-order valence-corrected chi connectivity index (χ2v) is 5.02. The van der Waals surface area contributed by atoms with Gasteiger partial charge in [-0.1, -0.05) is 12.1 Å². The van der Waals surface area contributed by atoms with E-state index in [0.29, 0.717) is 4.20 Å². The molecule has 2 nitrogen and oxygen atoms in total. The fourth-order valence-electron chi connectivity index (χ4n) is 1.63. The molecule has 0 unspecified atom stereocenters. The normalized spacial score (nSPS) is 14.4. The summed E-state index contributed by atoms with van der Waals surface area (Å²) in [5.41, 5.74) is 0.899. The van der Waals surface area contributed by atoms with Gasteiger partial charge in [-0.3, -0.25) is 0 Å². The minimum Gasteiger partial charge on any atom is -0.497 e. The van der Waals surface area contributed by atoms with E-state index in [1.54, 1.807) is 7.11 Å². The number of ether oxygens (including phenoxy) is 1. The van der Waals surface area contributed by atoms with Gasteiger partial charge in [0.25, 0.3) is 0 Å². The van der Waals surface area contributed by atoms with E-state index in [4.69, 9.17) is 29.6 Å². The number of rotatable bonds is 2. The van der Waals surface area contributed by atoms with Gasteiger partial charge in [-0.2, -0.15) is 0 Å². The molecule has 0 radical (unpaired) electrons. The molecule has 4 heteroatoms. The quantitative estimate of drug-likeness (QED) is 0.653. The number of quaternary nitrogens is 1. The Hall–Kier alpha value is -0.710. The molecule has 1 aromatic rings. The van der Waals surface area contributed by atoms with E-state index >= 15 is 0 Å². The van der Waals surface area contributed by atoms with Crippen LogP contribution in [0, 0.1) is 0 Å². The summed E-state index contributed by atoms with van der Waals surface area (Å²) in [5.74, 6) is 0.819. The van der Waals surface area contributed by atoms with E-state index in [0.717, 1.165) is 11.3 Å². The van der Waals surface area contributed by atoms with Crippen LogP contribution in [0.4, 0.5) is 0 Å². The van der Waals surface area contributed by atoms with E-state index in [9.17, 15) is 0 Å². The van der Waals surface area contributed by atoms with Gasteiger partial charge in [0.05, 0.1) is 20.2 Å². The zero-order valence-electron chi connectivity index (χ0n) is 10.1. The molecule has 1 aliphatic rings. The van der Waals surface area contributed by atoms with Crippen LogP contribution in [0.1, 0.15) is 24.8 Å². The Morgan fingerprint density at radius 2 is 1.76 bits per heavy atom. The van der Waals surface area contributed by atoms with E-state index in [2.05, 4.69) is 5.32 Å². The lowest BCUT2D eigenvalue weighted by molar-refractivity contribution is -0.662. The first-order valence-electron chi connectivity index (χ1n) is 5.91. The molecular weight excluding hydrogens is 250 g/mol. The van der Waals surface area contributed by atoms with E-state index in [-0.39, 0.29) is 0 Å². The van der Waals surface area contributed by atoms with Crippen LogP contribution in [0.15, 0.2) is 24.3 Å². The minimum absolute atomic E-state index is 0.493. The van der Waals surface area contributed by atoms with E-state index < -0.39 is 0 Å². The van der Waals surface area contributed by atoms with Crippen molar-refractivity contribution in [3.63, 3.8) is 0 Å². The summed E-state index contributed by atoms with van der Waals surface area (Å²) in [5, 5.41) is 2.39. The lowest BCUT2D eigenvalue weighted by atomic mass is 10.2. The first-order chi connectivity index (χ1) is 8.24. The van der Waals surface area contributed by atoms with Gasteiger partial charge in [0.2, 0.25) is 0 Å². The number of nitrogens with two attached hydrogens (primary N) is 1. The molecule has 0 saturated carbocycles. The lowest BCUT2D eigenvalue weighted by Crippen LogP contribution is -2.85. The van der Waals surface area contributed by atoms with E-state index in [1.807, 2.05) is 24.3 Å². The van der Waals surface area contributed by atoms with Crippen LogP contribution in [0.25, 0.3) is 0 Å². The van der Waals surface area contributed by atoms with Gasteiger partial charge < -0.3 is 34.9 Å². The van der Waals surface area contributed by atoms with Crippen molar-refractivity contribution in [2.24, 2.45) is 0 Å². The summed E-state index contributed by atoms with van der Waals surface area (Å²) >= 11 is 9.63. The van der Waals surface area contributed by atoms with Gasteiger partial charge in [0.1, 0.15) is 5.75 Å². The molecule has 2 rings (SSSR count). The van der Waals surface area contributed by atoms with Crippen molar-refractivity contribution in [3.8, 4) is 5.75 Å². The highest BCUT2D eigenvalue weighted by atomic mass is 32.1. The fraction of sp³-hybridized carbons (Fsp3) is 0.462. The Morgan fingerprint density at radius 3 is 2.06 bits per heavy atom. The van der Waals surface area contributed by atoms with Gasteiger partial charge in [0, 0.05) is 0 Å². The van der Waals surface area contributed by atoms with Crippen LogP contribution in [-0.2, 0) is 12.6 Å². The molecule has 1 aromatic carbocycles. The Morgan fingerprint density at radius 1 is 1.18 bits per heavy atom. The average Bonchev–Trinajstić information content (AvgIpc) is 2.41. The monoisotopic (exact) mass is 269 g/mol. The fourth-order valence-corrected chi connectivity index (χ4v) is 1.90. The molecule has 1 heterocycles. The highest BCUT2D eigenvalue weighted by molar-refractivity contribution is 8.01. The Bertz CT molecular complexity index is 322. The average molecular weight is 269 g/mol. The van der Waals surface area contributed by atoms with Crippen LogP contribution in [0.3, 0.4) is 0 Å². The molecule has 0 bridgehead atoms. The first-order valence-corrected chi connectivity index (χ1v) is 6.72. The summed E-state index contributed by atoms with van der Waals surface area (Å²) in [6.45, 7) is 2.75. The lowest BCUT2D eigenvalue weighted by Gasteiger charge is -2.05. The zero-order chi connectivity index (χ0) is 12.5. The molecule has 1 saturated heterocycles. The number of benzene rings is 1. The summed E-state index contributed by atoms with van der Waals surface area (Å²) in [4.78, 5) is 0. The molecule has 0 atom stereocenters. The number of thiocarbonyl (C=S) groups is 1. The summed E-state index contributed by atoms with van der Waals surface area (Å²) in [6, 6.07) is 7.39. The molecule has 1 fully saturated rings. The van der Waals surface area contributed by atoms with Gasteiger partial charge in [-0.15, -0.1) is 4.20 Å². The van der Waals surface area contributed by atoms with Gasteiger partial charge in [0.15, 0.2) is 0 Å². The van der Waals surface area contributed by atoms with Crippen molar-refractivity contribution in [3.05, 3.63) is 29.8 Å². The highest BCUT2D eigenvalue weighted by Crippen LogP contribution is 2.11. The molecule has 1 aliphatic heterocycles.